The van der Waals surface area contributed by atoms with Crippen LogP contribution in [0.4, 0.5) is 0 Å². The third-order valence-corrected chi connectivity index (χ3v) is 4.94. The Balaban J connectivity index is 2.00. The van der Waals surface area contributed by atoms with E-state index in [1.54, 1.807) is 14.2 Å². The van der Waals surface area contributed by atoms with Crippen molar-refractivity contribution in [1.29, 1.82) is 0 Å². The highest BCUT2D eigenvalue weighted by Crippen LogP contribution is 2.45. The van der Waals surface area contributed by atoms with Crippen molar-refractivity contribution >= 4 is 0 Å². The number of methoxy groups -OCH3 is 2. The van der Waals surface area contributed by atoms with E-state index in [1.165, 1.54) is 43.2 Å². The number of nitrogens with one attached hydrogen (secondary N) is 1. The van der Waals surface area contributed by atoms with Crippen LogP contribution in [-0.4, -0.2) is 20.8 Å². The van der Waals surface area contributed by atoms with Gasteiger partial charge >= 0.3 is 0 Å². The van der Waals surface area contributed by atoms with Crippen molar-refractivity contribution in [3.63, 3.8) is 0 Å². The highest BCUT2D eigenvalue weighted by atomic mass is 16.5. The number of ether oxygens (including phenoxy) is 2. The second kappa shape index (κ2) is 6.04. The molecule has 0 bridgehead atoms. The lowest BCUT2D eigenvalue weighted by atomic mass is 9.74. The van der Waals surface area contributed by atoms with Gasteiger partial charge in [-0.2, -0.15) is 0 Å². The minimum atomic E-state index is 0.573. The number of hydrogen-bond acceptors (Lipinski definition) is 3. The Hall–Kier alpha value is -1.22. The molecule has 0 radical (unpaired) electrons. The summed E-state index contributed by atoms with van der Waals surface area (Å²) in [6.45, 7) is 2.01. The normalized spacial score (nSPS) is 23.2. The van der Waals surface area contributed by atoms with E-state index in [4.69, 9.17) is 9.47 Å². The first-order valence-electron chi connectivity index (χ1n) is 7.79. The van der Waals surface area contributed by atoms with Crippen LogP contribution in [-0.2, 0) is 6.54 Å². The molecule has 0 spiro atoms. The van der Waals surface area contributed by atoms with Gasteiger partial charge in [0.1, 0.15) is 0 Å². The van der Waals surface area contributed by atoms with Gasteiger partial charge in [-0.05, 0) is 30.4 Å². The molecule has 0 saturated heterocycles. The lowest BCUT2D eigenvalue weighted by molar-refractivity contribution is 0.277. The van der Waals surface area contributed by atoms with Gasteiger partial charge < -0.3 is 14.8 Å². The molecule has 1 atom stereocenters. The summed E-state index contributed by atoms with van der Waals surface area (Å²) in [6.07, 6.45) is 6.86. The van der Waals surface area contributed by atoms with Gasteiger partial charge in [-0.15, -0.1) is 0 Å². The molecule has 1 aliphatic carbocycles. The van der Waals surface area contributed by atoms with Crippen molar-refractivity contribution in [2.45, 2.75) is 44.6 Å². The molecule has 0 amide bonds. The molecule has 1 aliphatic heterocycles. The first-order chi connectivity index (χ1) is 9.85. The molecule has 3 rings (SSSR count). The fourth-order valence-electron chi connectivity index (χ4n) is 3.96. The lowest BCUT2D eigenvalue weighted by Crippen LogP contribution is -2.33. The molecule has 3 nitrogen and oxygen atoms in total. The number of hydrogen-bond donors (Lipinski definition) is 1. The van der Waals surface area contributed by atoms with Gasteiger partial charge in [0.15, 0.2) is 11.5 Å². The van der Waals surface area contributed by atoms with E-state index in [1.807, 2.05) is 6.07 Å². The highest BCUT2D eigenvalue weighted by molar-refractivity contribution is 5.53. The fraction of sp³-hybridized carbons (Fsp3) is 0.647. The van der Waals surface area contributed by atoms with E-state index < -0.39 is 0 Å². The Morgan fingerprint density at radius 2 is 1.85 bits per heavy atom. The van der Waals surface area contributed by atoms with Gasteiger partial charge in [-0.25, -0.2) is 0 Å². The summed E-state index contributed by atoms with van der Waals surface area (Å²) < 4.78 is 11.2. The average Bonchev–Trinajstić information content (AvgIpc) is 2.53. The summed E-state index contributed by atoms with van der Waals surface area (Å²) in [5.41, 5.74) is 2.78. The molecular formula is C17H25NO2. The van der Waals surface area contributed by atoms with Crippen molar-refractivity contribution in [3.8, 4) is 11.5 Å². The van der Waals surface area contributed by atoms with Crippen LogP contribution in [0.2, 0.25) is 0 Å². The number of benzene rings is 1. The van der Waals surface area contributed by atoms with E-state index in [9.17, 15) is 0 Å². The van der Waals surface area contributed by atoms with Crippen LogP contribution >= 0.6 is 0 Å². The van der Waals surface area contributed by atoms with Crippen molar-refractivity contribution in [3.05, 3.63) is 23.3 Å². The molecule has 0 aromatic heterocycles. The van der Waals surface area contributed by atoms with Crippen molar-refractivity contribution < 1.29 is 9.47 Å². The topological polar surface area (TPSA) is 30.5 Å². The monoisotopic (exact) mass is 275 g/mol. The van der Waals surface area contributed by atoms with Gasteiger partial charge in [-0.1, -0.05) is 25.3 Å². The Morgan fingerprint density at radius 1 is 1.05 bits per heavy atom. The van der Waals surface area contributed by atoms with Gasteiger partial charge in [0.25, 0.3) is 0 Å². The molecule has 2 aliphatic rings. The Kier molecular flexibility index (Phi) is 4.16. The van der Waals surface area contributed by atoms with Crippen molar-refractivity contribution in [2.75, 3.05) is 20.8 Å². The smallest absolute Gasteiger partial charge is 0.164 e. The van der Waals surface area contributed by atoms with Gasteiger partial charge in [0.2, 0.25) is 0 Å². The van der Waals surface area contributed by atoms with E-state index in [2.05, 4.69) is 11.4 Å². The first-order valence-corrected chi connectivity index (χ1v) is 7.79. The van der Waals surface area contributed by atoms with Crippen LogP contribution < -0.4 is 14.8 Å². The summed E-state index contributed by atoms with van der Waals surface area (Å²) >= 11 is 0. The minimum absolute atomic E-state index is 0.573. The largest absolute Gasteiger partial charge is 0.493 e. The van der Waals surface area contributed by atoms with E-state index >= 15 is 0 Å². The maximum atomic E-state index is 5.70. The molecule has 1 fully saturated rings. The Labute approximate surface area is 121 Å². The van der Waals surface area contributed by atoms with E-state index in [0.717, 1.165) is 30.5 Å². The summed E-state index contributed by atoms with van der Waals surface area (Å²) in [6, 6.07) is 4.22. The maximum Gasteiger partial charge on any atom is 0.164 e. The fourth-order valence-corrected chi connectivity index (χ4v) is 3.96. The molecule has 1 saturated carbocycles. The Bertz CT molecular complexity index is 466. The molecule has 110 valence electrons. The summed E-state index contributed by atoms with van der Waals surface area (Å²) in [5, 5.41) is 3.58. The van der Waals surface area contributed by atoms with Gasteiger partial charge in [0.05, 0.1) is 14.2 Å². The van der Waals surface area contributed by atoms with Crippen LogP contribution in [0.1, 0.15) is 49.1 Å². The summed E-state index contributed by atoms with van der Waals surface area (Å²) in [4.78, 5) is 0. The molecule has 1 N–H and O–H groups in total. The second-order valence-electron chi connectivity index (χ2n) is 6.01. The van der Waals surface area contributed by atoms with E-state index in [-0.39, 0.29) is 0 Å². The number of rotatable bonds is 3. The third kappa shape index (κ3) is 2.39. The zero-order valence-corrected chi connectivity index (χ0v) is 12.6. The van der Waals surface area contributed by atoms with Crippen LogP contribution in [0.25, 0.3) is 0 Å². The maximum absolute atomic E-state index is 5.70. The predicted octanol–water partition coefficient (Wildman–Crippen LogP) is 3.47. The zero-order valence-electron chi connectivity index (χ0n) is 12.6. The summed E-state index contributed by atoms with van der Waals surface area (Å²) in [7, 11) is 3.49. The van der Waals surface area contributed by atoms with Crippen LogP contribution in [0.5, 0.6) is 11.5 Å². The Morgan fingerprint density at radius 3 is 2.55 bits per heavy atom. The van der Waals surface area contributed by atoms with Gasteiger partial charge in [0, 0.05) is 24.6 Å². The molecule has 1 aromatic rings. The van der Waals surface area contributed by atoms with Crippen LogP contribution in [0.15, 0.2) is 12.1 Å². The first kappa shape index (κ1) is 13.7. The molecule has 20 heavy (non-hydrogen) atoms. The molecule has 3 heteroatoms. The molecular weight excluding hydrogens is 250 g/mol. The standard InChI is InChI=1S/C17H25NO2/c1-19-15-9-8-13-10-18-11-14(16(13)17(15)20-2)12-6-4-3-5-7-12/h8-9,12,14,18H,3-7,10-11H2,1-2H3. The minimum Gasteiger partial charge on any atom is -0.493 e. The predicted molar refractivity (Wildman–Crippen MR) is 80.6 cm³/mol. The third-order valence-electron chi connectivity index (χ3n) is 4.94. The molecule has 1 unspecified atom stereocenters. The number of fused-ring (bicyclic) bond motifs is 1. The molecule has 1 aromatic carbocycles. The quantitative estimate of drug-likeness (QED) is 0.916. The summed E-state index contributed by atoms with van der Waals surface area (Å²) in [5.74, 6) is 3.19. The van der Waals surface area contributed by atoms with Crippen LogP contribution in [0.3, 0.4) is 0 Å². The van der Waals surface area contributed by atoms with Gasteiger partial charge in [-0.3, -0.25) is 0 Å². The molecule has 1 heterocycles. The van der Waals surface area contributed by atoms with Crippen molar-refractivity contribution in [1.82, 2.24) is 5.32 Å². The average molecular weight is 275 g/mol. The van der Waals surface area contributed by atoms with Crippen molar-refractivity contribution in [2.24, 2.45) is 5.92 Å². The van der Waals surface area contributed by atoms with E-state index in [0.29, 0.717) is 5.92 Å². The zero-order chi connectivity index (χ0) is 13.9. The second-order valence-corrected chi connectivity index (χ2v) is 6.01. The SMILES string of the molecule is COc1ccc2c(c1OC)C(C1CCCCC1)CNC2. The van der Waals surface area contributed by atoms with Crippen LogP contribution in [0, 0.1) is 5.92 Å². The highest BCUT2D eigenvalue weighted by Gasteiger charge is 2.32. The lowest BCUT2D eigenvalue weighted by Gasteiger charge is -2.36.